The maximum absolute atomic E-state index is 13.7. The van der Waals surface area contributed by atoms with Crippen LogP contribution in [0.2, 0.25) is 0 Å². The molecule has 0 saturated heterocycles. The molecule has 4 heteroatoms. The van der Waals surface area contributed by atoms with Gasteiger partial charge < -0.3 is 5.73 Å². The molecule has 1 aliphatic rings. The Morgan fingerprint density at radius 1 is 1.41 bits per heavy atom. The molecule has 0 radical (unpaired) electrons. The fourth-order valence-corrected chi connectivity index (χ4v) is 2.35. The van der Waals surface area contributed by atoms with Crippen molar-refractivity contribution >= 4 is 0 Å². The van der Waals surface area contributed by atoms with Crippen molar-refractivity contribution in [1.82, 2.24) is 4.90 Å². The van der Waals surface area contributed by atoms with E-state index in [9.17, 15) is 8.78 Å². The summed E-state index contributed by atoms with van der Waals surface area (Å²) in [6, 6.07) is 3.84. The Hall–Kier alpha value is -1.00. The zero-order chi connectivity index (χ0) is 12.4. The summed E-state index contributed by atoms with van der Waals surface area (Å²) in [5, 5.41) is 0. The van der Waals surface area contributed by atoms with Crippen LogP contribution in [0.1, 0.15) is 31.4 Å². The van der Waals surface area contributed by atoms with Gasteiger partial charge in [0.1, 0.15) is 11.6 Å². The zero-order valence-corrected chi connectivity index (χ0v) is 10.00. The van der Waals surface area contributed by atoms with E-state index in [4.69, 9.17) is 5.73 Å². The molecule has 1 saturated carbocycles. The third-order valence-corrected chi connectivity index (χ3v) is 3.32. The average Bonchev–Trinajstić information content (AvgIpc) is 3.13. The second-order valence-corrected chi connectivity index (χ2v) is 4.48. The van der Waals surface area contributed by atoms with Crippen LogP contribution in [0.3, 0.4) is 0 Å². The molecule has 2 N–H and O–H groups in total. The highest BCUT2D eigenvalue weighted by Gasteiger charge is 2.34. The van der Waals surface area contributed by atoms with Crippen molar-refractivity contribution in [2.24, 2.45) is 5.73 Å². The molecule has 2 nitrogen and oxygen atoms in total. The molecule has 0 aromatic heterocycles. The first-order chi connectivity index (χ1) is 8.17. The predicted molar refractivity (Wildman–Crippen MR) is 63.6 cm³/mol. The lowest BCUT2D eigenvalue weighted by atomic mass is 10.0. The van der Waals surface area contributed by atoms with Gasteiger partial charge >= 0.3 is 0 Å². The highest BCUT2D eigenvalue weighted by Crippen LogP contribution is 2.34. The molecule has 1 aliphatic carbocycles. The van der Waals surface area contributed by atoms with E-state index in [1.165, 1.54) is 12.1 Å². The van der Waals surface area contributed by atoms with Crippen LogP contribution in [0.5, 0.6) is 0 Å². The largest absolute Gasteiger partial charge is 0.329 e. The van der Waals surface area contributed by atoms with E-state index in [2.05, 4.69) is 4.90 Å². The summed E-state index contributed by atoms with van der Waals surface area (Å²) in [4.78, 5) is 2.16. The van der Waals surface area contributed by atoms with Crippen LogP contribution in [-0.4, -0.2) is 24.0 Å². The Morgan fingerprint density at radius 3 is 2.65 bits per heavy atom. The van der Waals surface area contributed by atoms with Gasteiger partial charge in [-0.15, -0.1) is 0 Å². The van der Waals surface area contributed by atoms with Crippen LogP contribution >= 0.6 is 0 Å². The summed E-state index contributed by atoms with van der Waals surface area (Å²) in [6.07, 6.45) is 2.25. The van der Waals surface area contributed by atoms with Gasteiger partial charge in [-0.3, -0.25) is 4.90 Å². The Morgan fingerprint density at radius 2 is 2.12 bits per heavy atom. The van der Waals surface area contributed by atoms with E-state index in [-0.39, 0.29) is 11.9 Å². The van der Waals surface area contributed by atoms with Gasteiger partial charge in [0.15, 0.2) is 0 Å². The van der Waals surface area contributed by atoms with E-state index >= 15 is 0 Å². The van der Waals surface area contributed by atoms with Gasteiger partial charge in [-0.1, -0.05) is 6.92 Å². The van der Waals surface area contributed by atoms with Crippen molar-refractivity contribution in [3.05, 3.63) is 35.4 Å². The fourth-order valence-electron chi connectivity index (χ4n) is 2.35. The zero-order valence-electron chi connectivity index (χ0n) is 10.00. The molecule has 1 fully saturated rings. The average molecular weight is 240 g/mol. The van der Waals surface area contributed by atoms with Gasteiger partial charge in [0.25, 0.3) is 0 Å². The Labute approximate surface area is 100 Å². The minimum absolute atomic E-state index is 0.219. The molecular formula is C13H18F2N2. The summed E-state index contributed by atoms with van der Waals surface area (Å²) in [5.74, 6) is -0.785. The van der Waals surface area contributed by atoms with Crippen molar-refractivity contribution in [3.8, 4) is 0 Å². The quantitative estimate of drug-likeness (QED) is 0.856. The molecule has 0 bridgehead atoms. The summed E-state index contributed by atoms with van der Waals surface area (Å²) in [7, 11) is 0. The summed E-state index contributed by atoms with van der Waals surface area (Å²) in [6.45, 7) is 3.14. The number of likely N-dealkylation sites (N-methyl/N-ethyl adjacent to an activating group) is 1. The number of hydrogen-bond donors (Lipinski definition) is 1. The van der Waals surface area contributed by atoms with Crippen LogP contribution in [0, 0.1) is 11.6 Å². The van der Waals surface area contributed by atoms with E-state index in [0.29, 0.717) is 18.2 Å². The minimum atomic E-state index is -0.410. The smallest absolute Gasteiger partial charge is 0.128 e. The van der Waals surface area contributed by atoms with Crippen molar-refractivity contribution in [2.75, 3.05) is 13.1 Å². The number of nitrogens with two attached hydrogens (primary N) is 1. The van der Waals surface area contributed by atoms with Gasteiger partial charge in [-0.2, -0.15) is 0 Å². The Balaban J connectivity index is 2.29. The van der Waals surface area contributed by atoms with Gasteiger partial charge in [0, 0.05) is 18.2 Å². The van der Waals surface area contributed by atoms with Crippen LogP contribution in [0.25, 0.3) is 0 Å². The molecule has 1 unspecified atom stereocenters. The van der Waals surface area contributed by atoms with Gasteiger partial charge in [0.05, 0.1) is 6.04 Å². The number of nitrogens with zero attached hydrogens (tertiary/aromatic N) is 1. The molecular weight excluding hydrogens is 222 g/mol. The van der Waals surface area contributed by atoms with E-state index in [1.807, 2.05) is 6.92 Å². The molecule has 0 amide bonds. The standard InChI is InChI=1S/C13H18F2N2/c1-2-17(10-4-5-10)13(8-16)11-7-9(14)3-6-12(11)15/h3,6-7,10,13H,2,4-5,8,16H2,1H3. The Kier molecular flexibility index (Phi) is 3.74. The van der Waals surface area contributed by atoms with Crippen molar-refractivity contribution < 1.29 is 8.78 Å². The highest BCUT2D eigenvalue weighted by atomic mass is 19.1. The lowest BCUT2D eigenvalue weighted by Crippen LogP contribution is -2.36. The third kappa shape index (κ3) is 2.64. The lowest BCUT2D eigenvalue weighted by molar-refractivity contribution is 0.197. The maximum atomic E-state index is 13.7. The van der Waals surface area contributed by atoms with Gasteiger partial charge in [-0.25, -0.2) is 8.78 Å². The first-order valence-electron chi connectivity index (χ1n) is 6.08. The first kappa shape index (κ1) is 12.5. The van der Waals surface area contributed by atoms with Crippen molar-refractivity contribution in [3.63, 3.8) is 0 Å². The topological polar surface area (TPSA) is 29.3 Å². The predicted octanol–water partition coefficient (Wildman–Crippen LogP) is 2.45. The van der Waals surface area contributed by atoms with Crippen molar-refractivity contribution in [2.45, 2.75) is 31.8 Å². The molecule has 0 heterocycles. The SMILES string of the molecule is CCN(C1CC1)C(CN)c1cc(F)ccc1F. The van der Waals surface area contributed by atoms with E-state index < -0.39 is 5.82 Å². The third-order valence-electron chi connectivity index (χ3n) is 3.32. The summed E-state index contributed by atoms with van der Waals surface area (Å²) in [5.41, 5.74) is 6.11. The van der Waals surface area contributed by atoms with Crippen LogP contribution in [0.4, 0.5) is 8.78 Å². The molecule has 0 aliphatic heterocycles. The number of benzene rings is 1. The van der Waals surface area contributed by atoms with Gasteiger partial charge in [0.2, 0.25) is 0 Å². The van der Waals surface area contributed by atoms with Gasteiger partial charge in [-0.05, 0) is 37.6 Å². The van der Waals surface area contributed by atoms with Crippen molar-refractivity contribution in [1.29, 1.82) is 0 Å². The number of rotatable bonds is 5. The second kappa shape index (κ2) is 5.10. The summed E-state index contributed by atoms with van der Waals surface area (Å²) < 4.78 is 26.9. The van der Waals surface area contributed by atoms with E-state index in [0.717, 1.165) is 25.5 Å². The summed E-state index contributed by atoms with van der Waals surface area (Å²) >= 11 is 0. The normalized spacial score (nSPS) is 17.5. The molecule has 1 aromatic carbocycles. The molecule has 94 valence electrons. The first-order valence-corrected chi connectivity index (χ1v) is 6.08. The molecule has 2 rings (SSSR count). The molecule has 1 atom stereocenters. The number of halogens is 2. The molecule has 1 aromatic rings. The van der Waals surface area contributed by atoms with E-state index in [1.54, 1.807) is 0 Å². The van der Waals surface area contributed by atoms with Crippen LogP contribution < -0.4 is 5.73 Å². The highest BCUT2D eigenvalue weighted by molar-refractivity contribution is 5.23. The monoisotopic (exact) mass is 240 g/mol. The number of hydrogen-bond acceptors (Lipinski definition) is 2. The molecule has 17 heavy (non-hydrogen) atoms. The maximum Gasteiger partial charge on any atom is 0.128 e. The lowest BCUT2D eigenvalue weighted by Gasteiger charge is -2.30. The fraction of sp³-hybridized carbons (Fsp3) is 0.538. The van der Waals surface area contributed by atoms with Crippen LogP contribution in [-0.2, 0) is 0 Å². The van der Waals surface area contributed by atoms with Crippen LogP contribution in [0.15, 0.2) is 18.2 Å². The minimum Gasteiger partial charge on any atom is -0.329 e. The molecule has 0 spiro atoms. The second-order valence-electron chi connectivity index (χ2n) is 4.48. The Bertz CT molecular complexity index is 391.